The van der Waals surface area contributed by atoms with Crippen LogP contribution in [0, 0.1) is 39.0 Å². The summed E-state index contributed by atoms with van der Waals surface area (Å²) >= 11 is 0. The molecule has 10 rings (SSSR count). The largest absolute Gasteiger partial charge is 0.308 e. The van der Waals surface area contributed by atoms with Gasteiger partial charge in [0.2, 0.25) is 0 Å². The van der Waals surface area contributed by atoms with Crippen molar-refractivity contribution in [1.82, 2.24) is 19.1 Å². The van der Waals surface area contributed by atoms with Crippen LogP contribution >= 0.6 is 0 Å². The van der Waals surface area contributed by atoms with Gasteiger partial charge in [0.05, 0.1) is 39.0 Å². The predicted molar refractivity (Wildman–Crippen MR) is 231 cm³/mol. The molecule has 0 saturated carbocycles. The number of para-hydroxylation sites is 2. The van der Waals surface area contributed by atoms with Crippen LogP contribution in [0.2, 0.25) is 0 Å². The lowest BCUT2D eigenvalue weighted by Crippen LogP contribution is -2.06. The van der Waals surface area contributed by atoms with Crippen LogP contribution in [0.25, 0.3) is 88.6 Å². The molecule has 3 aromatic heterocycles. The summed E-state index contributed by atoms with van der Waals surface area (Å²) in [6, 6.07) is 56.4. The Morgan fingerprint density at radius 1 is 0.429 bits per heavy atom. The Bertz CT molecular complexity index is 3210. The molecule has 56 heavy (non-hydrogen) atoms. The number of hydrogen-bond donors (Lipinski definition) is 0. The minimum Gasteiger partial charge on any atom is -0.308 e. The molecule has 0 aliphatic heterocycles. The number of fused-ring (bicyclic) bond motifs is 6. The van der Waals surface area contributed by atoms with E-state index in [4.69, 9.17) is 9.97 Å². The fraction of sp³-hybridized carbons (Fsp3) is 0.0784. The number of aryl methyl sites for hydroxylation is 4. The molecule has 0 radical (unpaired) electrons. The topological polar surface area (TPSA) is 59.4 Å². The average molecular weight is 720 g/mol. The van der Waals surface area contributed by atoms with E-state index in [2.05, 4.69) is 169 Å². The average Bonchev–Trinajstić information content (AvgIpc) is 3.72. The molecule has 266 valence electrons. The van der Waals surface area contributed by atoms with Gasteiger partial charge in [-0.1, -0.05) is 120 Å². The molecule has 0 unspecified atom stereocenters. The first-order chi connectivity index (χ1) is 27.3. The van der Waals surface area contributed by atoms with Gasteiger partial charge in [-0.15, -0.1) is 0 Å². The van der Waals surface area contributed by atoms with E-state index in [0.717, 1.165) is 94.2 Å². The zero-order chi connectivity index (χ0) is 38.1. The Balaban J connectivity index is 1.31. The van der Waals surface area contributed by atoms with Crippen LogP contribution in [0.5, 0.6) is 0 Å². The second kappa shape index (κ2) is 12.9. The monoisotopic (exact) mass is 719 g/mol. The zero-order valence-corrected chi connectivity index (χ0v) is 31.7. The Morgan fingerprint density at radius 2 is 0.875 bits per heavy atom. The molecule has 0 aliphatic carbocycles. The summed E-state index contributed by atoms with van der Waals surface area (Å²) in [7, 11) is 0. The van der Waals surface area contributed by atoms with Gasteiger partial charge >= 0.3 is 0 Å². The van der Waals surface area contributed by atoms with E-state index in [9.17, 15) is 5.26 Å². The van der Waals surface area contributed by atoms with Crippen LogP contribution in [0.1, 0.15) is 28.1 Å². The third kappa shape index (κ3) is 5.38. The molecule has 5 nitrogen and oxygen atoms in total. The molecule has 0 atom stereocenters. The first kappa shape index (κ1) is 33.3. The number of aromatic nitrogens is 4. The summed E-state index contributed by atoms with van der Waals surface area (Å²) in [5.41, 5.74) is 15.9. The van der Waals surface area contributed by atoms with Crippen molar-refractivity contribution >= 4 is 43.6 Å². The highest BCUT2D eigenvalue weighted by Gasteiger charge is 2.23. The van der Waals surface area contributed by atoms with Crippen LogP contribution in [0.3, 0.4) is 0 Å². The van der Waals surface area contributed by atoms with Gasteiger partial charge in [-0.2, -0.15) is 5.26 Å². The highest BCUT2D eigenvalue weighted by Crippen LogP contribution is 2.41. The third-order valence-electron chi connectivity index (χ3n) is 11.1. The predicted octanol–water partition coefficient (Wildman–Crippen LogP) is 12.8. The van der Waals surface area contributed by atoms with Crippen molar-refractivity contribution in [3.63, 3.8) is 0 Å². The van der Waals surface area contributed by atoms with Crippen molar-refractivity contribution in [3.05, 3.63) is 180 Å². The van der Waals surface area contributed by atoms with Crippen molar-refractivity contribution in [1.29, 1.82) is 5.26 Å². The third-order valence-corrected chi connectivity index (χ3v) is 11.1. The van der Waals surface area contributed by atoms with Gasteiger partial charge < -0.3 is 9.13 Å². The van der Waals surface area contributed by atoms with Gasteiger partial charge in [0.15, 0.2) is 5.82 Å². The number of rotatable bonds is 5. The molecule has 0 aliphatic rings. The van der Waals surface area contributed by atoms with Gasteiger partial charge in [0, 0.05) is 38.5 Å². The second-order valence-electron chi connectivity index (χ2n) is 14.9. The fourth-order valence-electron chi connectivity index (χ4n) is 8.37. The number of nitriles is 1. The lowest BCUT2D eigenvalue weighted by atomic mass is 10.0. The molecule has 0 N–H and O–H groups in total. The molecule has 0 bridgehead atoms. The molecule has 5 heteroatoms. The van der Waals surface area contributed by atoms with E-state index >= 15 is 0 Å². The van der Waals surface area contributed by atoms with Crippen LogP contribution < -0.4 is 0 Å². The summed E-state index contributed by atoms with van der Waals surface area (Å²) in [5.74, 6) is 0.616. The van der Waals surface area contributed by atoms with E-state index in [1.165, 1.54) is 11.1 Å². The van der Waals surface area contributed by atoms with Crippen molar-refractivity contribution in [2.75, 3.05) is 0 Å². The summed E-state index contributed by atoms with van der Waals surface area (Å²) in [6.07, 6.45) is 0. The molecule has 0 saturated heterocycles. The fourth-order valence-corrected chi connectivity index (χ4v) is 8.37. The quantitative estimate of drug-likeness (QED) is 0.178. The molecular formula is C51H37N5. The normalized spacial score (nSPS) is 11.6. The van der Waals surface area contributed by atoms with E-state index in [1.807, 2.05) is 26.0 Å². The van der Waals surface area contributed by atoms with Crippen LogP contribution in [-0.4, -0.2) is 19.1 Å². The van der Waals surface area contributed by atoms with Gasteiger partial charge in [0.25, 0.3) is 0 Å². The van der Waals surface area contributed by atoms with Gasteiger partial charge in [-0.05, 0) is 92.4 Å². The highest BCUT2D eigenvalue weighted by molar-refractivity contribution is 6.12. The maximum Gasteiger partial charge on any atom is 0.161 e. The van der Waals surface area contributed by atoms with Gasteiger partial charge in [-0.3, -0.25) is 0 Å². The minimum atomic E-state index is 0.553. The summed E-state index contributed by atoms with van der Waals surface area (Å²) < 4.78 is 4.54. The number of hydrogen-bond acceptors (Lipinski definition) is 3. The number of nitrogens with zero attached hydrogens (tertiary/aromatic N) is 5. The van der Waals surface area contributed by atoms with E-state index in [-0.39, 0.29) is 0 Å². The van der Waals surface area contributed by atoms with E-state index in [0.29, 0.717) is 11.4 Å². The first-order valence-electron chi connectivity index (χ1n) is 19.0. The zero-order valence-electron chi connectivity index (χ0n) is 31.7. The molecule has 3 heterocycles. The molecule has 7 aromatic carbocycles. The Morgan fingerprint density at radius 3 is 1.38 bits per heavy atom. The summed E-state index contributed by atoms with van der Waals surface area (Å²) in [4.78, 5) is 10.1. The second-order valence-corrected chi connectivity index (χ2v) is 14.9. The summed E-state index contributed by atoms with van der Waals surface area (Å²) in [6.45, 7) is 8.24. The Hall–Kier alpha value is -7.29. The number of benzene rings is 7. The lowest BCUT2D eigenvalue weighted by Gasteiger charge is -2.18. The van der Waals surface area contributed by atoms with E-state index < -0.39 is 0 Å². The van der Waals surface area contributed by atoms with Gasteiger partial charge in [0.1, 0.15) is 6.07 Å². The van der Waals surface area contributed by atoms with Crippen molar-refractivity contribution in [2.45, 2.75) is 27.7 Å². The standard InChI is InChI=1S/C51H37N5/c1-31-13-17-35(18-14-31)37-21-23-42-40-9-5-7-11-45(40)55(48(42)26-37)47-29-44(51-53-33(3)25-34(4)54-51)50(28-39(47)30-52)56-46-12-8-6-10-41(46)43-24-22-38(27-49(43)56)36-19-15-32(2)16-20-36/h5-29H,1-4H3. The molecule has 0 spiro atoms. The molecule has 0 fully saturated rings. The van der Waals surface area contributed by atoms with Crippen LogP contribution in [0.4, 0.5) is 0 Å². The maximum absolute atomic E-state index is 11.1. The lowest BCUT2D eigenvalue weighted by molar-refractivity contribution is 1.05. The van der Waals surface area contributed by atoms with Crippen molar-refractivity contribution < 1.29 is 0 Å². The first-order valence-corrected chi connectivity index (χ1v) is 19.0. The van der Waals surface area contributed by atoms with E-state index in [1.54, 1.807) is 0 Å². The SMILES string of the molecule is Cc1ccc(-c2ccc3c4ccccc4n(-c4cc(-c5nc(C)cc(C)n5)c(-n5c6ccccc6c6ccc(-c7ccc(C)cc7)cc65)cc4C#N)c3c2)cc1. The maximum atomic E-state index is 11.1. The van der Waals surface area contributed by atoms with Gasteiger partial charge in [-0.25, -0.2) is 9.97 Å². The van der Waals surface area contributed by atoms with Crippen molar-refractivity contribution in [3.8, 4) is 51.1 Å². The van der Waals surface area contributed by atoms with Crippen LogP contribution in [0.15, 0.2) is 152 Å². The van der Waals surface area contributed by atoms with Crippen LogP contribution in [-0.2, 0) is 0 Å². The molecular weight excluding hydrogens is 683 g/mol. The summed E-state index contributed by atoms with van der Waals surface area (Å²) in [5, 5.41) is 15.7. The minimum absolute atomic E-state index is 0.553. The smallest absolute Gasteiger partial charge is 0.161 e. The molecule has 0 amide bonds. The van der Waals surface area contributed by atoms with Crippen molar-refractivity contribution in [2.24, 2.45) is 0 Å². The highest BCUT2D eigenvalue weighted by atomic mass is 15.0. The Kier molecular flexibility index (Phi) is 7.69. The Labute approximate surface area is 325 Å². The molecule has 10 aromatic rings.